The largest absolute Gasteiger partial charge is 0.471 e. The summed E-state index contributed by atoms with van der Waals surface area (Å²) in [5.41, 5.74) is 0.130. The minimum absolute atomic E-state index is 0.123. The van der Waals surface area contributed by atoms with E-state index in [1.807, 2.05) is 0 Å². The Kier molecular flexibility index (Phi) is 4.33. The summed E-state index contributed by atoms with van der Waals surface area (Å²) in [6.07, 6.45) is -9.73. The number of amides is 1. The molecule has 0 radical (unpaired) electrons. The lowest BCUT2D eigenvalue weighted by atomic mass is 10.2. The van der Waals surface area contributed by atoms with E-state index in [0.717, 1.165) is 23.9 Å². The third kappa shape index (κ3) is 4.18. The lowest BCUT2D eigenvalue weighted by Crippen LogP contribution is -2.29. The highest BCUT2D eigenvalue weighted by molar-refractivity contribution is 8.03. The lowest BCUT2D eigenvalue weighted by Gasteiger charge is -2.08. The Morgan fingerprint density at radius 1 is 1.09 bits per heavy atom. The maximum absolute atomic E-state index is 12.2. The van der Waals surface area contributed by atoms with Gasteiger partial charge in [-0.2, -0.15) is 26.3 Å². The highest BCUT2D eigenvalue weighted by Crippen LogP contribution is 2.42. The summed E-state index contributed by atoms with van der Waals surface area (Å²) in [7, 11) is 0. The topological polar surface area (TPSA) is 58.2 Å². The second-order valence-corrected chi connectivity index (χ2v) is 5.34. The van der Waals surface area contributed by atoms with Crippen molar-refractivity contribution in [1.29, 1.82) is 0 Å². The van der Waals surface area contributed by atoms with Gasteiger partial charge in [-0.25, -0.2) is 0 Å². The zero-order valence-electron chi connectivity index (χ0n) is 10.8. The van der Waals surface area contributed by atoms with Crippen LogP contribution in [0.5, 0.6) is 0 Å². The third-order valence-electron chi connectivity index (χ3n) is 2.52. The Balaban J connectivity index is 2.14. The van der Waals surface area contributed by atoms with Crippen molar-refractivity contribution in [2.24, 2.45) is 0 Å². The molecule has 0 spiro atoms. The number of rotatable bonds is 2. The number of carbonyl (C=O) groups is 2. The summed E-state index contributed by atoms with van der Waals surface area (Å²) in [6, 6.07) is 3.56. The molecule has 23 heavy (non-hydrogen) atoms. The Morgan fingerprint density at radius 2 is 1.74 bits per heavy atom. The predicted molar refractivity (Wildman–Crippen MR) is 69.8 cm³/mol. The number of allylic oxidation sites excluding steroid dienone is 1. The van der Waals surface area contributed by atoms with E-state index in [0.29, 0.717) is 11.8 Å². The Bertz CT molecular complexity index is 696. The number of alkyl halides is 6. The maximum Gasteiger partial charge on any atom is 0.471 e. The molecule has 1 aromatic carbocycles. The van der Waals surface area contributed by atoms with E-state index < -0.39 is 24.0 Å². The van der Waals surface area contributed by atoms with Crippen molar-refractivity contribution in [3.63, 3.8) is 0 Å². The number of hydrogen-bond donors (Lipinski definition) is 2. The van der Waals surface area contributed by atoms with Crippen LogP contribution < -0.4 is 10.6 Å². The Hall–Kier alpha value is -2.17. The van der Waals surface area contributed by atoms with Gasteiger partial charge in [-0.1, -0.05) is 11.8 Å². The molecule has 0 bridgehead atoms. The van der Waals surface area contributed by atoms with Crippen molar-refractivity contribution < 1.29 is 35.9 Å². The van der Waals surface area contributed by atoms with Gasteiger partial charge in [0.25, 0.3) is 5.78 Å². The average Bonchev–Trinajstić information content (AvgIpc) is 2.77. The number of halogens is 6. The molecule has 1 aromatic rings. The molecule has 2 N–H and O–H groups in total. The van der Waals surface area contributed by atoms with Gasteiger partial charge in [-0.15, -0.1) is 0 Å². The van der Waals surface area contributed by atoms with Gasteiger partial charge in [0.15, 0.2) is 0 Å². The molecule has 4 nitrogen and oxygen atoms in total. The van der Waals surface area contributed by atoms with Gasteiger partial charge in [0.2, 0.25) is 0 Å². The van der Waals surface area contributed by atoms with Crippen LogP contribution >= 0.6 is 11.8 Å². The summed E-state index contributed by atoms with van der Waals surface area (Å²) in [4.78, 5) is 21.9. The molecule has 0 unspecified atom stereocenters. The molecular formula is C12H6F6N2O2S. The summed E-state index contributed by atoms with van der Waals surface area (Å²) < 4.78 is 72.9. The number of fused-ring (bicyclic) bond motifs is 1. The van der Waals surface area contributed by atoms with E-state index in [1.54, 1.807) is 5.32 Å². The van der Waals surface area contributed by atoms with E-state index >= 15 is 0 Å². The number of anilines is 2. The number of nitrogens with one attached hydrogen (secondary N) is 2. The molecular weight excluding hydrogens is 350 g/mol. The highest BCUT2D eigenvalue weighted by atomic mass is 32.2. The van der Waals surface area contributed by atoms with Crippen molar-refractivity contribution in [1.82, 2.24) is 0 Å². The second-order valence-electron chi connectivity index (χ2n) is 4.26. The zero-order valence-corrected chi connectivity index (χ0v) is 11.6. The first kappa shape index (κ1) is 17.2. The molecule has 0 aromatic heterocycles. The van der Waals surface area contributed by atoms with Crippen LogP contribution in [0.1, 0.15) is 0 Å². The maximum atomic E-state index is 12.2. The van der Waals surface area contributed by atoms with Crippen molar-refractivity contribution in [3.05, 3.63) is 29.3 Å². The van der Waals surface area contributed by atoms with Crippen LogP contribution in [0, 0.1) is 0 Å². The van der Waals surface area contributed by atoms with Crippen molar-refractivity contribution in [3.8, 4) is 0 Å². The fourth-order valence-corrected chi connectivity index (χ4v) is 2.51. The van der Waals surface area contributed by atoms with Crippen LogP contribution in [-0.2, 0) is 9.59 Å². The first-order chi connectivity index (χ1) is 10.5. The van der Waals surface area contributed by atoms with E-state index in [2.05, 4.69) is 5.32 Å². The van der Waals surface area contributed by atoms with Gasteiger partial charge in [-0.3, -0.25) is 9.59 Å². The molecule has 0 atom stereocenters. The zero-order chi connectivity index (χ0) is 17.4. The number of hydrogen-bond acceptors (Lipinski definition) is 4. The van der Waals surface area contributed by atoms with Crippen molar-refractivity contribution >= 4 is 34.8 Å². The number of benzene rings is 1. The molecule has 2 rings (SSSR count). The number of ketones is 1. The van der Waals surface area contributed by atoms with Gasteiger partial charge < -0.3 is 10.6 Å². The smallest absolute Gasteiger partial charge is 0.349 e. The minimum atomic E-state index is -5.06. The summed E-state index contributed by atoms with van der Waals surface area (Å²) in [6.45, 7) is 0. The molecule has 1 heterocycles. The second kappa shape index (κ2) is 5.80. The number of carbonyl (C=O) groups excluding carboxylic acids is 2. The van der Waals surface area contributed by atoms with Crippen molar-refractivity contribution in [2.45, 2.75) is 17.2 Å². The van der Waals surface area contributed by atoms with E-state index in [-0.39, 0.29) is 15.6 Å². The summed E-state index contributed by atoms with van der Waals surface area (Å²) in [5, 5.41) is 4.01. The van der Waals surface area contributed by atoms with Crippen LogP contribution in [0.15, 0.2) is 34.2 Å². The SMILES string of the molecule is O=C(C=C1Nc2ccc(NC(=O)C(F)(F)F)cc2S1)C(F)(F)F. The molecule has 0 saturated heterocycles. The standard InChI is InChI=1S/C12H6F6N2O2S/c13-11(14,15)8(21)4-9-20-6-2-1-5(3-7(6)23-9)19-10(22)12(16,17)18/h1-4,20H,(H,19,22). The van der Waals surface area contributed by atoms with Crippen molar-refractivity contribution in [2.75, 3.05) is 10.6 Å². The molecule has 124 valence electrons. The van der Waals surface area contributed by atoms with Crippen LogP contribution in [0.2, 0.25) is 0 Å². The van der Waals surface area contributed by atoms with E-state index in [4.69, 9.17) is 0 Å². The van der Waals surface area contributed by atoms with Crippen LogP contribution in [0.25, 0.3) is 0 Å². The molecule has 0 fully saturated rings. The monoisotopic (exact) mass is 356 g/mol. The van der Waals surface area contributed by atoms with E-state index in [1.165, 1.54) is 6.07 Å². The number of thioether (sulfide) groups is 1. The molecule has 1 aliphatic heterocycles. The molecule has 0 saturated carbocycles. The minimum Gasteiger partial charge on any atom is -0.349 e. The first-order valence-corrected chi connectivity index (χ1v) is 6.58. The van der Waals surface area contributed by atoms with Crippen LogP contribution in [0.4, 0.5) is 37.7 Å². The average molecular weight is 356 g/mol. The van der Waals surface area contributed by atoms with Crippen LogP contribution in [0.3, 0.4) is 0 Å². The fourth-order valence-electron chi connectivity index (χ4n) is 1.53. The summed E-state index contributed by atoms with van der Waals surface area (Å²) in [5.74, 6) is -4.23. The normalized spacial score (nSPS) is 16.0. The van der Waals surface area contributed by atoms with Gasteiger partial charge in [0.05, 0.1) is 10.7 Å². The summed E-state index contributed by atoms with van der Waals surface area (Å²) >= 11 is 0.726. The molecule has 1 amide bonds. The molecule has 1 aliphatic rings. The Labute approximate surface area is 128 Å². The van der Waals surface area contributed by atoms with Gasteiger partial charge in [0.1, 0.15) is 0 Å². The van der Waals surface area contributed by atoms with E-state index in [9.17, 15) is 35.9 Å². The molecule has 0 aliphatic carbocycles. The fraction of sp³-hybridized carbons (Fsp3) is 0.167. The van der Waals surface area contributed by atoms with Gasteiger partial charge in [-0.05, 0) is 18.2 Å². The quantitative estimate of drug-likeness (QED) is 0.627. The highest BCUT2D eigenvalue weighted by Gasteiger charge is 2.39. The third-order valence-corrected chi connectivity index (χ3v) is 3.51. The van der Waals surface area contributed by atoms with Gasteiger partial charge >= 0.3 is 18.3 Å². The van der Waals surface area contributed by atoms with Crippen LogP contribution in [-0.4, -0.2) is 24.0 Å². The predicted octanol–water partition coefficient (Wildman–Crippen LogP) is 3.68. The molecule has 11 heteroatoms. The lowest BCUT2D eigenvalue weighted by molar-refractivity contribution is -0.167. The Morgan fingerprint density at radius 3 is 2.30 bits per heavy atom. The van der Waals surface area contributed by atoms with Gasteiger partial charge in [0, 0.05) is 16.7 Å². The first-order valence-electron chi connectivity index (χ1n) is 5.77.